The summed E-state index contributed by atoms with van der Waals surface area (Å²) in [5.41, 5.74) is -0.0938. The third-order valence-corrected chi connectivity index (χ3v) is 3.76. The summed E-state index contributed by atoms with van der Waals surface area (Å²) >= 11 is 3.09. The Morgan fingerprint density at radius 3 is 2.00 bits per heavy atom. The highest BCUT2D eigenvalue weighted by Gasteiger charge is 2.21. The van der Waals surface area contributed by atoms with Crippen LogP contribution in [-0.4, -0.2) is 7.11 Å². The predicted molar refractivity (Wildman–Crippen MR) is 70.0 cm³/mol. The smallest absolute Gasteiger partial charge is 0.159 e. The van der Waals surface area contributed by atoms with Crippen LogP contribution in [0.1, 0.15) is 16.0 Å². The summed E-state index contributed by atoms with van der Waals surface area (Å²) in [6.45, 7) is 0. The second kappa shape index (κ2) is 5.83. The lowest BCUT2D eigenvalue weighted by Gasteiger charge is -2.14. The summed E-state index contributed by atoms with van der Waals surface area (Å²) in [7, 11) is 1.29. The molecule has 20 heavy (non-hydrogen) atoms. The molecule has 0 saturated carbocycles. The van der Waals surface area contributed by atoms with Crippen LogP contribution in [0, 0.1) is 23.3 Å². The number of methoxy groups -OCH3 is 1. The first-order chi connectivity index (χ1) is 9.43. The molecule has 0 heterocycles. The monoisotopic (exact) mass is 348 g/mol. The fraction of sp³-hybridized carbons (Fsp3) is 0.143. The highest BCUT2D eigenvalue weighted by molar-refractivity contribution is 9.09. The molecule has 0 aliphatic carbocycles. The minimum absolute atomic E-state index is 0.0359. The van der Waals surface area contributed by atoms with Gasteiger partial charge in [0.2, 0.25) is 0 Å². The van der Waals surface area contributed by atoms with Gasteiger partial charge in [0, 0.05) is 17.7 Å². The largest absolute Gasteiger partial charge is 0.497 e. The van der Waals surface area contributed by atoms with Crippen molar-refractivity contribution in [1.29, 1.82) is 0 Å². The zero-order valence-electron chi connectivity index (χ0n) is 10.3. The van der Waals surface area contributed by atoms with Gasteiger partial charge in [0.25, 0.3) is 0 Å². The lowest BCUT2D eigenvalue weighted by atomic mass is 10.0. The Hall–Kier alpha value is -1.56. The molecule has 2 aromatic carbocycles. The van der Waals surface area contributed by atoms with Gasteiger partial charge < -0.3 is 4.74 Å². The second-order valence-corrected chi connectivity index (χ2v) is 4.96. The van der Waals surface area contributed by atoms with E-state index in [4.69, 9.17) is 4.74 Å². The molecule has 1 nitrogen and oxygen atoms in total. The van der Waals surface area contributed by atoms with Gasteiger partial charge in [-0.05, 0) is 17.7 Å². The summed E-state index contributed by atoms with van der Waals surface area (Å²) in [5.74, 6) is -3.75. The number of alkyl halides is 1. The van der Waals surface area contributed by atoms with Gasteiger partial charge in [-0.2, -0.15) is 0 Å². The molecule has 0 spiro atoms. The minimum atomic E-state index is -1.08. The van der Waals surface area contributed by atoms with Crippen LogP contribution < -0.4 is 4.74 Å². The van der Waals surface area contributed by atoms with Gasteiger partial charge in [0.05, 0.1) is 11.9 Å². The molecule has 0 aliphatic rings. The molecular formula is C14H9BrF4O. The van der Waals surface area contributed by atoms with Crippen LogP contribution in [0.3, 0.4) is 0 Å². The van der Waals surface area contributed by atoms with Crippen molar-refractivity contribution in [3.63, 3.8) is 0 Å². The number of benzene rings is 2. The quantitative estimate of drug-likeness (QED) is 0.575. The van der Waals surface area contributed by atoms with Gasteiger partial charge in [0.1, 0.15) is 17.4 Å². The Kier molecular flexibility index (Phi) is 4.32. The molecule has 0 saturated heterocycles. The Labute approximate surface area is 121 Å². The number of hydrogen-bond acceptors (Lipinski definition) is 1. The van der Waals surface area contributed by atoms with Gasteiger partial charge in [-0.15, -0.1) is 0 Å². The maximum atomic E-state index is 13.9. The SMILES string of the molecule is COc1cc(F)c(C(Br)c2ccc(F)c(F)c2)c(F)c1. The fourth-order valence-electron chi connectivity index (χ4n) is 1.76. The van der Waals surface area contributed by atoms with Crippen molar-refractivity contribution in [3.8, 4) is 5.75 Å². The molecule has 1 unspecified atom stereocenters. The van der Waals surface area contributed by atoms with E-state index in [1.54, 1.807) is 0 Å². The van der Waals surface area contributed by atoms with E-state index in [-0.39, 0.29) is 16.9 Å². The molecule has 0 radical (unpaired) electrons. The van der Waals surface area contributed by atoms with Crippen molar-refractivity contribution >= 4 is 15.9 Å². The topological polar surface area (TPSA) is 9.23 Å². The van der Waals surface area contributed by atoms with Gasteiger partial charge in [-0.1, -0.05) is 22.0 Å². The van der Waals surface area contributed by atoms with Crippen molar-refractivity contribution in [2.45, 2.75) is 4.83 Å². The molecule has 0 fully saturated rings. The van der Waals surface area contributed by atoms with Crippen molar-refractivity contribution < 1.29 is 22.3 Å². The van der Waals surface area contributed by atoms with Crippen LogP contribution in [-0.2, 0) is 0 Å². The summed E-state index contributed by atoms with van der Waals surface area (Å²) in [6, 6.07) is 5.08. The Morgan fingerprint density at radius 2 is 1.50 bits per heavy atom. The second-order valence-electron chi connectivity index (χ2n) is 4.04. The number of ether oxygens (including phenoxy) is 1. The highest BCUT2D eigenvalue weighted by Crippen LogP contribution is 2.36. The molecule has 0 aliphatic heterocycles. The van der Waals surface area contributed by atoms with Crippen molar-refractivity contribution in [1.82, 2.24) is 0 Å². The van der Waals surface area contributed by atoms with Crippen LogP contribution >= 0.6 is 15.9 Å². The van der Waals surface area contributed by atoms with Gasteiger partial charge in [-0.3, -0.25) is 0 Å². The first-order valence-corrected chi connectivity index (χ1v) is 6.47. The normalized spacial score (nSPS) is 12.3. The molecule has 6 heteroatoms. The van der Waals surface area contributed by atoms with E-state index in [1.165, 1.54) is 13.2 Å². The molecule has 0 aromatic heterocycles. The van der Waals surface area contributed by atoms with Crippen molar-refractivity contribution in [3.05, 3.63) is 64.7 Å². The first-order valence-electron chi connectivity index (χ1n) is 5.56. The highest BCUT2D eigenvalue weighted by atomic mass is 79.9. The van der Waals surface area contributed by atoms with Crippen LogP contribution in [0.5, 0.6) is 5.75 Å². The number of rotatable bonds is 3. The lowest BCUT2D eigenvalue weighted by Crippen LogP contribution is -2.02. The zero-order chi connectivity index (χ0) is 14.9. The molecule has 106 valence electrons. The van der Waals surface area contributed by atoms with Crippen LogP contribution in [0.15, 0.2) is 30.3 Å². The van der Waals surface area contributed by atoms with E-state index in [0.29, 0.717) is 0 Å². The first kappa shape index (κ1) is 14.8. The molecule has 2 rings (SSSR count). The summed E-state index contributed by atoms with van der Waals surface area (Å²) in [6.07, 6.45) is 0. The third kappa shape index (κ3) is 2.80. The molecular weight excluding hydrogens is 340 g/mol. The third-order valence-electron chi connectivity index (χ3n) is 2.78. The molecule has 2 aromatic rings. The molecule has 0 bridgehead atoms. The Bertz CT molecular complexity index is 622. The predicted octanol–water partition coefficient (Wildman–Crippen LogP) is 4.74. The summed E-state index contributed by atoms with van der Waals surface area (Å²) in [4.78, 5) is -0.941. The average molecular weight is 349 g/mol. The average Bonchev–Trinajstić information content (AvgIpc) is 2.40. The minimum Gasteiger partial charge on any atom is -0.497 e. The van der Waals surface area contributed by atoms with E-state index >= 15 is 0 Å². The summed E-state index contributed by atoms with van der Waals surface area (Å²) < 4.78 is 58.6. The molecule has 0 N–H and O–H groups in total. The maximum Gasteiger partial charge on any atom is 0.159 e. The van der Waals surface area contributed by atoms with Crippen LogP contribution in [0.2, 0.25) is 0 Å². The standard InChI is InChI=1S/C14H9BrF4O/c1-20-8-5-11(18)13(12(19)6-8)14(15)7-2-3-9(16)10(17)4-7/h2-6,14H,1H3. The molecule has 1 atom stereocenters. The van der Waals surface area contributed by atoms with Gasteiger partial charge in [0.15, 0.2) is 11.6 Å². The lowest BCUT2D eigenvalue weighted by molar-refractivity contribution is 0.405. The van der Waals surface area contributed by atoms with E-state index in [2.05, 4.69) is 15.9 Å². The Morgan fingerprint density at radius 1 is 0.900 bits per heavy atom. The van der Waals surface area contributed by atoms with Gasteiger partial charge >= 0.3 is 0 Å². The number of hydrogen-bond donors (Lipinski definition) is 0. The molecule has 0 amide bonds. The van der Waals surface area contributed by atoms with E-state index < -0.39 is 28.1 Å². The van der Waals surface area contributed by atoms with E-state index in [1.807, 2.05) is 0 Å². The number of halogens is 5. The van der Waals surface area contributed by atoms with Crippen molar-refractivity contribution in [2.75, 3.05) is 7.11 Å². The van der Waals surface area contributed by atoms with E-state index in [0.717, 1.165) is 24.3 Å². The van der Waals surface area contributed by atoms with E-state index in [9.17, 15) is 17.6 Å². The van der Waals surface area contributed by atoms with Crippen molar-refractivity contribution in [2.24, 2.45) is 0 Å². The van der Waals surface area contributed by atoms with Gasteiger partial charge in [-0.25, -0.2) is 17.6 Å². The summed E-state index contributed by atoms with van der Waals surface area (Å²) in [5, 5.41) is 0. The van der Waals surface area contributed by atoms with Crippen LogP contribution in [0.25, 0.3) is 0 Å². The fourth-order valence-corrected chi connectivity index (χ4v) is 2.48. The zero-order valence-corrected chi connectivity index (χ0v) is 11.8. The van der Waals surface area contributed by atoms with Crippen LogP contribution in [0.4, 0.5) is 17.6 Å². The maximum absolute atomic E-state index is 13.9. The Balaban J connectivity index is 2.47.